The van der Waals surface area contributed by atoms with Gasteiger partial charge in [0.25, 0.3) is 0 Å². The summed E-state index contributed by atoms with van der Waals surface area (Å²) >= 11 is 0. The molecule has 0 unspecified atom stereocenters. The molecule has 0 saturated heterocycles. The Balaban J connectivity index is 0.00000300. The topological polar surface area (TPSA) is 82.6 Å². The predicted molar refractivity (Wildman–Crippen MR) is 130 cm³/mol. The molecule has 1 aliphatic rings. The molecule has 1 aliphatic carbocycles. The van der Waals surface area contributed by atoms with Crippen molar-refractivity contribution < 1.29 is 8.42 Å². The number of aliphatic imine (C=N–C) groups is 1. The van der Waals surface area contributed by atoms with E-state index in [1.807, 2.05) is 24.3 Å². The van der Waals surface area contributed by atoms with Gasteiger partial charge in [-0.3, -0.25) is 9.71 Å². The summed E-state index contributed by atoms with van der Waals surface area (Å²) in [6.07, 6.45) is 4.73. The number of hydrogen-bond donors (Lipinski definition) is 3. The summed E-state index contributed by atoms with van der Waals surface area (Å²) in [5.74, 6) is 0.705. The number of hydrogen-bond acceptors (Lipinski definition) is 3. The van der Waals surface area contributed by atoms with Crippen molar-refractivity contribution in [3.05, 3.63) is 65.7 Å². The fourth-order valence-corrected chi connectivity index (χ4v) is 4.19. The molecule has 0 radical (unpaired) electrons. The molecule has 1 saturated carbocycles. The number of para-hydroxylation sites is 1. The lowest BCUT2D eigenvalue weighted by atomic mass is 9.64. The third-order valence-electron chi connectivity index (χ3n) is 5.27. The Bertz CT molecular complexity index is 929. The first-order valence-electron chi connectivity index (χ1n) is 9.48. The van der Waals surface area contributed by atoms with Crippen LogP contribution in [0.25, 0.3) is 0 Å². The third-order valence-corrected chi connectivity index (χ3v) is 5.86. The zero-order valence-electron chi connectivity index (χ0n) is 16.8. The monoisotopic (exact) mass is 528 g/mol. The number of anilines is 1. The molecule has 2 aromatic rings. The molecule has 6 nitrogen and oxygen atoms in total. The molecule has 0 atom stereocenters. The normalized spacial score (nSPS) is 15.6. The van der Waals surface area contributed by atoms with Crippen molar-refractivity contribution in [2.75, 3.05) is 24.6 Å². The standard InChI is InChI=1S/C21H28N4O2S.HI/c1-22-20(23-15-17-9-6-7-12-19(17)25-28(2,26)27)24-16-21(13-8-14-21)18-10-4-3-5-11-18;/h3-7,9-12,25H,8,13-16H2,1-2H3,(H2,22,23,24);1H. The molecule has 0 bridgehead atoms. The van der Waals surface area contributed by atoms with Gasteiger partial charge < -0.3 is 10.6 Å². The molecular weight excluding hydrogens is 499 g/mol. The first kappa shape index (κ1) is 23.5. The minimum absolute atomic E-state index is 0. The molecular formula is C21H29IN4O2S. The number of halogens is 1. The molecule has 1 fully saturated rings. The highest BCUT2D eigenvalue weighted by Crippen LogP contribution is 2.43. The second-order valence-electron chi connectivity index (χ2n) is 7.31. The van der Waals surface area contributed by atoms with Gasteiger partial charge in [-0.25, -0.2) is 8.42 Å². The Hall–Kier alpha value is -1.81. The third kappa shape index (κ3) is 6.33. The van der Waals surface area contributed by atoms with Crippen LogP contribution in [0.15, 0.2) is 59.6 Å². The largest absolute Gasteiger partial charge is 0.356 e. The highest BCUT2D eigenvalue weighted by atomic mass is 127. The fourth-order valence-electron chi connectivity index (χ4n) is 3.59. The molecule has 3 N–H and O–H groups in total. The van der Waals surface area contributed by atoms with Gasteiger partial charge in [0, 0.05) is 25.6 Å². The van der Waals surface area contributed by atoms with E-state index in [9.17, 15) is 8.42 Å². The Morgan fingerprint density at radius 3 is 2.28 bits per heavy atom. The van der Waals surface area contributed by atoms with E-state index in [0.717, 1.165) is 18.4 Å². The summed E-state index contributed by atoms with van der Waals surface area (Å²) in [7, 11) is -1.58. The van der Waals surface area contributed by atoms with Gasteiger partial charge in [0.2, 0.25) is 10.0 Å². The smallest absolute Gasteiger partial charge is 0.229 e. The molecule has 8 heteroatoms. The molecule has 0 amide bonds. The molecule has 158 valence electrons. The van der Waals surface area contributed by atoms with E-state index >= 15 is 0 Å². The van der Waals surface area contributed by atoms with Crippen LogP contribution in [-0.4, -0.2) is 34.2 Å². The van der Waals surface area contributed by atoms with E-state index in [-0.39, 0.29) is 29.4 Å². The number of guanidine groups is 1. The van der Waals surface area contributed by atoms with Crippen LogP contribution in [0.4, 0.5) is 5.69 Å². The summed E-state index contributed by atoms with van der Waals surface area (Å²) in [5.41, 5.74) is 2.96. The van der Waals surface area contributed by atoms with Crippen molar-refractivity contribution >= 4 is 45.6 Å². The van der Waals surface area contributed by atoms with Gasteiger partial charge in [-0.05, 0) is 30.0 Å². The quantitative estimate of drug-likeness (QED) is 0.292. The van der Waals surface area contributed by atoms with Crippen LogP contribution in [0, 0.1) is 0 Å². The van der Waals surface area contributed by atoms with Crippen molar-refractivity contribution in [3.63, 3.8) is 0 Å². The van der Waals surface area contributed by atoms with Gasteiger partial charge in [-0.1, -0.05) is 55.0 Å². The first-order valence-corrected chi connectivity index (χ1v) is 11.4. The van der Waals surface area contributed by atoms with Crippen LogP contribution in [-0.2, 0) is 22.0 Å². The van der Waals surface area contributed by atoms with Crippen molar-refractivity contribution in [2.24, 2.45) is 4.99 Å². The van der Waals surface area contributed by atoms with Crippen LogP contribution in [0.2, 0.25) is 0 Å². The van der Waals surface area contributed by atoms with E-state index in [4.69, 9.17) is 0 Å². The fraction of sp³-hybridized carbons (Fsp3) is 0.381. The van der Waals surface area contributed by atoms with Crippen LogP contribution in [0.3, 0.4) is 0 Å². The summed E-state index contributed by atoms with van der Waals surface area (Å²) < 4.78 is 25.7. The Kier molecular flexibility index (Phi) is 8.33. The molecule has 2 aromatic carbocycles. The van der Waals surface area contributed by atoms with Gasteiger partial charge in [-0.15, -0.1) is 24.0 Å². The van der Waals surface area contributed by atoms with Crippen molar-refractivity contribution in [3.8, 4) is 0 Å². The Labute approximate surface area is 190 Å². The maximum Gasteiger partial charge on any atom is 0.229 e. The Morgan fingerprint density at radius 1 is 1.03 bits per heavy atom. The molecule has 0 spiro atoms. The lowest BCUT2D eigenvalue weighted by Gasteiger charge is -2.43. The van der Waals surface area contributed by atoms with Gasteiger partial charge in [0.05, 0.1) is 11.9 Å². The highest BCUT2D eigenvalue weighted by molar-refractivity contribution is 14.0. The minimum atomic E-state index is -3.32. The highest BCUT2D eigenvalue weighted by Gasteiger charge is 2.38. The van der Waals surface area contributed by atoms with Gasteiger partial charge >= 0.3 is 0 Å². The molecule has 29 heavy (non-hydrogen) atoms. The molecule has 0 heterocycles. The molecule has 0 aromatic heterocycles. The maximum absolute atomic E-state index is 11.6. The Morgan fingerprint density at radius 2 is 1.69 bits per heavy atom. The van der Waals surface area contributed by atoms with Crippen LogP contribution < -0.4 is 15.4 Å². The summed E-state index contributed by atoms with van der Waals surface area (Å²) in [5, 5.41) is 6.74. The summed E-state index contributed by atoms with van der Waals surface area (Å²) in [4.78, 5) is 4.32. The lowest BCUT2D eigenvalue weighted by molar-refractivity contribution is 0.244. The van der Waals surface area contributed by atoms with Crippen LogP contribution in [0.1, 0.15) is 30.4 Å². The lowest BCUT2D eigenvalue weighted by Crippen LogP contribution is -2.48. The number of sulfonamides is 1. The average molecular weight is 528 g/mol. The number of nitrogens with one attached hydrogen (secondary N) is 3. The van der Waals surface area contributed by atoms with E-state index in [2.05, 4.69) is 44.6 Å². The van der Waals surface area contributed by atoms with E-state index in [1.165, 1.54) is 24.8 Å². The number of benzene rings is 2. The van der Waals surface area contributed by atoms with Crippen LogP contribution >= 0.6 is 24.0 Å². The summed E-state index contributed by atoms with van der Waals surface area (Å²) in [6.45, 7) is 1.29. The van der Waals surface area contributed by atoms with Crippen molar-refractivity contribution in [1.82, 2.24) is 10.6 Å². The maximum atomic E-state index is 11.6. The SMILES string of the molecule is CN=C(NCc1ccccc1NS(C)(=O)=O)NCC1(c2ccccc2)CCC1.I. The second-order valence-corrected chi connectivity index (χ2v) is 9.06. The van der Waals surface area contributed by atoms with Gasteiger partial charge in [0.15, 0.2) is 5.96 Å². The number of rotatable bonds is 7. The number of nitrogens with zero attached hydrogens (tertiary/aromatic N) is 1. The van der Waals surface area contributed by atoms with E-state index in [0.29, 0.717) is 18.2 Å². The van der Waals surface area contributed by atoms with Crippen LogP contribution in [0.5, 0.6) is 0 Å². The van der Waals surface area contributed by atoms with Gasteiger partial charge in [-0.2, -0.15) is 0 Å². The summed E-state index contributed by atoms with van der Waals surface area (Å²) in [6, 6.07) is 18.0. The van der Waals surface area contributed by atoms with E-state index in [1.54, 1.807) is 13.1 Å². The molecule has 3 rings (SSSR count). The zero-order chi connectivity index (χ0) is 20.0. The zero-order valence-corrected chi connectivity index (χ0v) is 20.0. The minimum Gasteiger partial charge on any atom is -0.356 e. The molecule has 0 aliphatic heterocycles. The predicted octanol–water partition coefficient (Wildman–Crippen LogP) is 3.46. The average Bonchev–Trinajstić information content (AvgIpc) is 2.64. The second kappa shape index (κ2) is 10.3. The van der Waals surface area contributed by atoms with Crippen molar-refractivity contribution in [1.29, 1.82) is 0 Å². The van der Waals surface area contributed by atoms with Gasteiger partial charge in [0.1, 0.15) is 0 Å². The van der Waals surface area contributed by atoms with Crippen molar-refractivity contribution in [2.45, 2.75) is 31.2 Å². The van der Waals surface area contributed by atoms with E-state index < -0.39 is 10.0 Å². The first-order chi connectivity index (χ1) is 13.4.